The number of rotatable bonds is 4. The summed E-state index contributed by atoms with van der Waals surface area (Å²) in [5, 5.41) is 7.82. The molecule has 3 fully saturated rings. The molecule has 2 aliphatic heterocycles. The number of hydrogen-bond acceptors (Lipinski definition) is 3. The van der Waals surface area contributed by atoms with Crippen LogP contribution in [0.3, 0.4) is 0 Å². The summed E-state index contributed by atoms with van der Waals surface area (Å²) in [5.41, 5.74) is -0.133. The van der Waals surface area contributed by atoms with Crippen molar-refractivity contribution in [2.45, 2.75) is 57.7 Å². The van der Waals surface area contributed by atoms with E-state index in [0.29, 0.717) is 18.5 Å². The maximum Gasteiger partial charge on any atom is 0.238 e. The van der Waals surface area contributed by atoms with Crippen molar-refractivity contribution in [2.75, 3.05) is 26.2 Å². The molecule has 0 aromatic rings. The summed E-state index contributed by atoms with van der Waals surface area (Å²) in [5.74, 6) is 0.809. The molecule has 2 heterocycles. The average molecular weight is 324 g/mol. The summed E-state index contributed by atoms with van der Waals surface area (Å²) in [6.07, 6.45) is 5.53. The lowest BCUT2D eigenvalue weighted by Gasteiger charge is -2.46. The second kappa shape index (κ2) is 6.32. The summed E-state index contributed by atoms with van der Waals surface area (Å²) < 4.78 is 0. The normalized spacial score (nSPS) is 25.6. The molecule has 1 atom stereocenters. The Morgan fingerprint density at radius 3 is 2.73 bits per heavy atom. The lowest BCUT2D eigenvalue weighted by molar-refractivity contribution is -0.132. The van der Waals surface area contributed by atoms with Gasteiger partial charge in [0.2, 0.25) is 5.91 Å². The number of likely N-dealkylation sites (tertiary alicyclic amines) is 1. The lowest BCUT2D eigenvalue weighted by atomic mass is 9.95. The molecule has 6 heteroatoms. The third kappa shape index (κ3) is 3.23. The molecule has 5 nitrogen and oxygen atoms in total. The van der Waals surface area contributed by atoms with Gasteiger partial charge in [0.15, 0.2) is 5.11 Å². The molecule has 22 heavy (non-hydrogen) atoms. The zero-order valence-electron chi connectivity index (χ0n) is 13.7. The minimum absolute atomic E-state index is 0.133. The second-order valence-electron chi connectivity index (χ2n) is 7.11. The fraction of sp³-hybridized carbons (Fsp3) is 0.875. The van der Waals surface area contributed by atoms with Crippen LogP contribution in [0.1, 0.15) is 46.0 Å². The van der Waals surface area contributed by atoms with Gasteiger partial charge in [-0.15, -0.1) is 0 Å². The predicted molar refractivity (Wildman–Crippen MR) is 91.5 cm³/mol. The summed E-state index contributed by atoms with van der Waals surface area (Å²) in [4.78, 5) is 16.7. The van der Waals surface area contributed by atoms with Crippen LogP contribution < -0.4 is 10.6 Å². The van der Waals surface area contributed by atoms with Crippen LogP contribution in [0.5, 0.6) is 0 Å². The molecule has 2 saturated heterocycles. The number of nitrogens with zero attached hydrogens (tertiary/aromatic N) is 2. The molecule has 1 amide bonds. The van der Waals surface area contributed by atoms with Gasteiger partial charge in [0.25, 0.3) is 0 Å². The molecule has 0 radical (unpaired) electrons. The largest absolute Gasteiger partial charge is 0.360 e. The van der Waals surface area contributed by atoms with Crippen LogP contribution in [0.4, 0.5) is 0 Å². The van der Waals surface area contributed by atoms with Crippen LogP contribution in [-0.4, -0.2) is 58.7 Å². The van der Waals surface area contributed by atoms with E-state index < -0.39 is 0 Å². The highest BCUT2D eigenvalue weighted by molar-refractivity contribution is 7.80. The molecule has 0 aromatic carbocycles. The van der Waals surface area contributed by atoms with Crippen LogP contribution in [0.2, 0.25) is 0 Å². The van der Waals surface area contributed by atoms with E-state index in [1.54, 1.807) is 0 Å². The maximum absolute atomic E-state index is 12.3. The number of carbonyl (C=O) groups is 1. The number of hydrogen-bond donors (Lipinski definition) is 2. The van der Waals surface area contributed by atoms with Crippen molar-refractivity contribution in [3.8, 4) is 0 Å². The van der Waals surface area contributed by atoms with Crippen LogP contribution in [0.25, 0.3) is 0 Å². The fourth-order valence-corrected chi connectivity index (χ4v) is 3.76. The number of piperidine rings is 1. The highest BCUT2D eigenvalue weighted by Crippen LogP contribution is 2.31. The minimum atomic E-state index is -0.133. The van der Waals surface area contributed by atoms with Crippen molar-refractivity contribution in [2.24, 2.45) is 5.92 Å². The van der Waals surface area contributed by atoms with E-state index in [1.165, 1.54) is 12.8 Å². The van der Waals surface area contributed by atoms with Crippen molar-refractivity contribution in [1.29, 1.82) is 0 Å². The molecule has 1 spiro atoms. The first-order chi connectivity index (χ1) is 10.5. The summed E-state index contributed by atoms with van der Waals surface area (Å²) >= 11 is 5.51. The van der Waals surface area contributed by atoms with Gasteiger partial charge in [0.1, 0.15) is 0 Å². The minimum Gasteiger partial charge on any atom is -0.360 e. The highest BCUT2D eigenvalue weighted by Gasteiger charge is 2.47. The molecule has 124 valence electrons. The van der Waals surface area contributed by atoms with Crippen LogP contribution >= 0.6 is 12.2 Å². The van der Waals surface area contributed by atoms with Crippen molar-refractivity contribution >= 4 is 23.2 Å². The molecule has 1 unspecified atom stereocenters. The molecular formula is C16H28N4OS. The Morgan fingerprint density at radius 1 is 1.45 bits per heavy atom. The van der Waals surface area contributed by atoms with Gasteiger partial charge >= 0.3 is 0 Å². The Hall–Kier alpha value is -0.880. The van der Waals surface area contributed by atoms with Gasteiger partial charge in [-0.25, -0.2) is 0 Å². The third-order valence-corrected chi connectivity index (χ3v) is 5.74. The molecular weight excluding hydrogens is 296 g/mol. The maximum atomic E-state index is 12.3. The Kier molecular flexibility index (Phi) is 4.59. The van der Waals surface area contributed by atoms with E-state index in [2.05, 4.69) is 34.3 Å². The number of amides is 1. The fourth-order valence-electron chi connectivity index (χ4n) is 3.41. The van der Waals surface area contributed by atoms with Crippen molar-refractivity contribution in [3.63, 3.8) is 0 Å². The Morgan fingerprint density at radius 2 is 2.14 bits per heavy atom. The van der Waals surface area contributed by atoms with Crippen LogP contribution in [-0.2, 0) is 4.79 Å². The first-order valence-corrected chi connectivity index (χ1v) is 9.06. The van der Waals surface area contributed by atoms with E-state index >= 15 is 0 Å². The van der Waals surface area contributed by atoms with Gasteiger partial charge in [-0.3, -0.25) is 10.1 Å². The van der Waals surface area contributed by atoms with E-state index in [4.69, 9.17) is 12.2 Å². The first kappa shape index (κ1) is 16.0. The van der Waals surface area contributed by atoms with Crippen molar-refractivity contribution < 1.29 is 4.79 Å². The Labute approximate surface area is 138 Å². The van der Waals surface area contributed by atoms with Crippen molar-refractivity contribution in [3.05, 3.63) is 0 Å². The number of nitrogens with one attached hydrogen (secondary N) is 2. The number of thiocarbonyl (C=S) groups is 1. The third-order valence-electron chi connectivity index (χ3n) is 5.36. The van der Waals surface area contributed by atoms with E-state index in [9.17, 15) is 4.79 Å². The zero-order chi connectivity index (χ0) is 15.7. The lowest BCUT2D eigenvalue weighted by Crippen LogP contribution is -2.60. The SMILES string of the molecule is CCC(C)CN1C(=O)CNC12CCN(C(=S)NC1CC1)CC2. The highest BCUT2D eigenvalue weighted by atomic mass is 32.1. The summed E-state index contributed by atoms with van der Waals surface area (Å²) in [7, 11) is 0. The monoisotopic (exact) mass is 324 g/mol. The topological polar surface area (TPSA) is 47.6 Å². The molecule has 0 bridgehead atoms. The Balaban J connectivity index is 1.59. The van der Waals surface area contributed by atoms with Gasteiger partial charge in [0, 0.05) is 38.5 Å². The van der Waals surface area contributed by atoms with Gasteiger partial charge in [-0.1, -0.05) is 20.3 Å². The van der Waals surface area contributed by atoms with Crippen molar-refractivity contribution in [1.82, 2.24) is 20.4 Å². The molecule has 3 aliphatic rings. The zero-order valence-corrected chi connectivity index (χ0v) is 14.5. The predicted octanol–water partition coefficient (Wildman–Crippen LogP) is 1.29. The van der Waals surface area contributed by atoms with Gasteiger partial charge in [-0.2, -0.15) is 0 Å². The summed E-state index contributed by atoms with van der Waals surface area (Å²) in [6.45, 7) is 7.62. The molecule has 1 saturated carbocycles. The molecule has 0 aromatic heterocycles. The van der Waals surface area contributed by atoms with Gasteiger partial charge in [0.05, 0.1) is 12.2 Å². The van der Waals surface area contributed by atoms with E-state index in [0.717, 1.165) is 44.0 Å². The smallest absolute Gasteiger partial charge is 0.238 e. The average Bonchev–Trinajstić information content (AvgIpc) is 3.29. The van der Waals surface area contributed by atoms with Gasteiger partial charge < -0.3 is 15.1 Å². The van der Waals surface area contributed by atoms with E-state index in [1.807, 2.05) is 0 Å². The van der Waals surface area contributed by atoms with Gasteiger partial charge in [-0.05, 0) is 31.0 Å². The second-order valence-corrected chi connectivity index (χ2v) is 7.50. The van der Waals surface area contributed by atoms with E-state index in [-0.39, 0.29) is 11.6 Å². The van der Waals surface area contributed by atoms with Crippen LogP contribution in [0.15, 0.2) is 0 Å². The number of carbonyl (C=O) groups excluding carboxylic acids is 1. The first-order valence-electron chi connectivity index (χ1n) is 8.65. The Bertz CT molecular complexity index is 443. The summed E-state index contributed by atoms with van der Waals surface area (Å²) in [6, 6.07) is 0.608. The molecule has 3 rings (SSSR count). The van der Waals surface area contributed by atoms with Crippen LogP contribution in [0, 0.1) is 5.92 Å². The quantitative estimate of drug-likeness (QED) is 0.763. The molecule has 2 N–H and O–H groups in total. The standard InChI is InChI=1S/C16H28N4OS/c1-3-12(2)11-20-14(21)10-17-16(20)6-8-19(9-7-16)15(22)18-13-4-5-13/h12-13,17H,3-11H2,1-2H3,(H,18,22). The molecule has 1 aliphatic carbocycles.